The molecule has 0 spiro atoms. The third kappa shape index (κ3) is 5.27. The van der Waals surface area contributed by atoms with E-state index < -0.39 is 0 Å². The van der Waals surface area contributed by atoms with Crippen LogP contribution in [0.4, 0.5) is 0 Å². The molecule has 0 atom stereocenters. The van der Waals surface area contributed by atoms with Crippen LogP contribution in [-0.4, -0.2) is 36.9 Å². The number of aryl methyl sites for hydroxylation is 1. The average Bonchev–Trinajstić information content (AvgIpc) is 3.14. The van der Waals surface area contributed by atoms with Gasteiger partial charge in [0.15, 0.2) is 5.78 Å². The lowest BCUT2D eigenvalue weighted by molar-refractivity contribution is 0.103. The van der Waals surface area contributed by atoms with Crippen LogP contribution in [0.5, 0.6) is 5.75 Å². The van der Waals surface area contributed by atoms with Gasteiger partial charge < -0.3 is 9.15 Å². The molecule has 0 aliphatic carbocycles. The monoisotopic (exact) mass is 643 g/mol. The first-order valence-electron chi connectivity index (χ1n) is 11.0. The van der Waals surface area contributed by atoms with Gasteiger partial charge >= 0.3 is 0 Å². The minimum absolute atomic E-state index is 0.0177. The molecule has 2 heterocycles. The number of likely N-dealkylation sites (tertiary alicyclic amines) is 1. The van der Waals surface area contributed by atoms with Gasteiger partial charge in [-0.2, -0.15) is 0 Å². The Morgan fingerprint density at radius 3 is 2.52 bits per heavy atom. The van der Waals surface area contributed by atoms with Gasteiger partial charge in [-0.1, -0.05) is 31.5 Å². The van der Waals surface area contributed by atoms with Gasteiger partial charge in [-0.3, -0.25) is 9.69 Å². The highest BCUT2D eigenvalue weighted by Crippen LogP contribution is 2.33. The number of carbonyl (C=O) groups is 1. The van der Waals surface area contributed by atoms with Gasteiger partial charge in [-0.25, -0.2) is 0 Å². The molecular weight excluding hydrogens is 616 g/mol. The minimum atomic E-state index is 0.0177. The maximum Gasteiger partial charge on any atom is 0.197 e. The van der Waals surface area contributed by atoms with E-state index in [1.54, 1.807) is 0 Å². The molecule has 1 fully saturated rings. The first-order valence-corrected chi connectivity index (χ1v) is 13.1. The number of fused-ring (bicyclic) bond motifs is 1. The molecular formula is C25H27I2NO3. The molecule has 0 bridgehead atoms. The number of furan rings is 1. The second-order valence-electron chi connectivity index (χ2n) is 8.00. The predicted molar refractivity (Wildman–Crippen MR) is 141 cm³/mol. The molecule has 0 saturated carbocycles. The van der Waals surface area contributed by atoms with Crippen LogP contribution in [0.25, 0.3) is 11.0 Å². The number of ketones is 1. The van der Waals surface area contributed by atoms with Gasteiger partial charge in [0.2, 0.25) is 0 Å². The van der Waals surface area contributed by atoms with Crippen molar-refractivity contribution in [3.8, 4) is 5.75 Å². The summed E-state index contributed by atoms with van der Waals surface area (Å²) in [5.41, 5.74) is 2.15. The number of piperidine rings is 1. The fourth-order valence-corrected chi connectivity index (χ4v) is 6.26. The van der Waals surface area contributed by atoms with Crippen molar-refractivity contribution < 1.29 is 13.9 Å². The maximum atomic E-state index is 13.5. The van der Waals surface area contributed by atoms with E-state index in [9.17, 15) is 4.79 Å². The van der Waals surface area contributed by atoms with E-state index in [-0.39, 0.29) is 5.78 Å². The Bertz CT molecular complexity index is 1050. The number of hydrogen-bond donors (Lipinski definition) is 0. The van der Waals surface area contributed by atoms with E-state index in [0.717, 1.165) is 49.0 Å². The number of carbonyl (C=O) groups excluding carboxylic acids is 1. The zero-order valence-corrected chi connectivity index (χ0v) is 22.1. The second-order valence-corrected chi connectivity index (χ2v) is 10.3. The first kappa shape index (κ1) is 23.0. The van der Waals surface area contributed by atoms with Crippen LogP contribution in [0.15, 0.2) is 40.8 Å². The third-order valence-electron chi connectivity index (χ3n) is 5.74. The average molecular weight is 643 g/mol. The summed E-state index contributed by atoms with van der Waals surface area (Å²) in [6.45, 7) is 6.07. The molecule has 4 rings (SSSR count). The molecule has 2 aromatic carbocycles. The summed E-state index contributed by atoms with van der Waals surface area (Å²) in [5, 5.41) is 0.892. The zero-order valence-electron chi connectivity index (χ0n) is 17.8. The van der Waals surface area contributed by atoms with Gasteiger partial charge in [-0.05, 0) is 95.7 Å². The Kier molecular flexibility index (Phi) is 7.92. The number of rotatable bonds is 8. The fourth-order valence-electron chi connectivity index (χ4n) is 4.18. The van der Waals surface area contributed by atoms with Crippen LogP contribution in [0.2, 0.25) is 0 Å². The summed E-state index contributed by atoms with van der Waals surface area (Å²) >= 11 is 4.56. The summed E-state index contributed by atoms with van der Waals surface area (Å²) < 4.78 is 14.1. The van der Waals surface area contributed by atoms with Crippen molar-refractivity contribution in [2.24, 2.45) is 0 Å². The highest BCUT2D eigenvalue weighted by atomic mass is 127. The van der Waals surface area contributed by atoms with Crippen molar-refractivity contribution in [1.82, 2.24) is 4.90 Å². The molecule has 3 aromatic rings. The molecule has 4 nitrogen and oxygen atoms in total. The van der Waals surface area contributed by atoms with Crippen molar-refractivity contribution in [3.63, 3.8) is 0 Å². The second kappa shape index (κ2) is 10.7. The fraction of sp³-hybridized carbons (Fsp3) is 0.400. The van der Waals surface area contributed by atoms with Gasteiger partial charge in [0.05, 0.1) is 12.7 Å². The Morgan fingerprint density at radius 1 is 1.10 bits per heavy atom. The Morgan fingerprint density at radius 2 is 1.81 bits per heavy atom. The Labute approximate surface area is 211 Å². The smallest absolute Gasteiger partial charge is 0.197 e. The zero-order chi connectivity index (χ0) is 21.8. The largest absolute Gasteiger partial charge is 0.490 e. The van der Waals surface area contributed by atoms with E-state index >= 15 is 0 Å². The maximum absolute atomic E-state index is 13.5. The van der Waals surface area contributed by atoms with Crippen molar-refractivity contribution >= 4 is 61.9 Å². The number of hydrogen-bond acceptors (Lipinski definition) is 4. The number of para-hydroxylation sites is 1. The summed E-state index contributed by atoms with van der Waals surface area (Å²) in [6, 6.07) is 11.7. The summed E-state index contributed by atoms with van der Waals surface area (Å²) in [7, 11) is 0. The molecule has 1 aliphatic heterocycles. The summed E-state index contributed by atoms with van der Waals surface area (Å²) in [5.74, 6) is 1.67. The van der Waals surface area contributed by atoms with E-state index in [1.165, 1.54) is 32.4 Å². The van der Waals surface area contributed by atoms with Crippen molar-refractivity contribution in [3.05, 3.63) is 60.4 Å². The van der Waals surface area contributed by atoms with Gasteiger partial charge in [0.1, 0.15) is 23.7 Å². The van der Waals surface area contributed by atoms with E-state index in [2.05, 4.69) is 57.0 Å². The van der Waals surface area contributed by atoms with E-state index in [4.69, 9.17) is 9.15 Å². The third-order valence-corrected chi connectivity index (χ3v) is 7.34. The van der Waals surface area contributed by atoms with Gasteiger partial charge in [0, 0.05) is 23.9 Å². The van der Waals surface area contributed by atoms with Gasteiger partial charge in [-0.15, -0.1) is 0 Å². The molecule has 164 valence electrons. The van der Waals surface area contributed by atoms with Crippen molar-refractivity contribution in [2.75, 3.05) is 26.2 Å². The molecule has 0 unspecified atom stereocenters. The van der Waals surface area contributed by atoms with Gasteiger partial charge in [0.25, 0.3) is 0 Å². The van der Waals surface area contributed by atoms with Crippen LogP contribution in [0.3, 0.4) is 0 Å². The highest BCUT2D eigenvalue weighted by molar-refractivity contribution is 14.1. The Hall–Kier alpha value is -1.13. The summed E-state index contributed by atoms with van der Waals surface area (Å²) in [6.07, 6.45) is 5.60. The summed E-state index contributed by atoms with van der Waals surface area (Å²) in [4.78, 5) is 16.0. The number of ether oxygens (including phenoxy) is 1. The molecule has 0 radical (unpaired) electrons. The number of halogens is 2. The quantitative estimate of drug-likeness (QED) is 0.203. The van der Waals surface area contributed by atoms with E-state index in [1.807, 2.05) is 36.4 Å². The van der Waals surface area contributed by atoms with Crippen LogP contribution < -0.4 is 4.74 Å². The lowest BCUT2D eigenvalue weighted by Crippen LogP contribution is -2.33. The SMILES string of the molecule is CCCc1oc2ccccc2c1C(=O)c1cc(I)c(OCCN2CCCCC2)c(I)c1. The lowest BCUT2D eigenvalue weighted by atomic mass is 9.98. The molecule has 1 aromatic heterocycles. The van der Waals surface area contributed by atoms with Crippen molar-refractivity contribution in [2.45, 2.75) is 39.0 Å². The molecule has 1 aliphatic rings. The number of nitrogens with zero attached hydrogens (tertiary/aromatic N) is 1. The first-order chi connectivity index (χ1) is 15.1. The molecule has 31 heavy (non-hydrogen) atoms. The van der Waals surface area contributed by atoms with Crippen LogP contribution >= 0.6 is 45.2 Å². The Balaban J connectivity index is 1.56. The van der Waals surface area contributed by atoms with Crippen LogP contribution in [0.1, 0.15) is 54.3 Å². The van der Waals surface area contributed by atoms with Crippen LogP contribution in [-0.2, 0) is 6.42 Å². The van der Waals surface area contributed by atoms with E-state index in [0.29, 0.717) is 17.7 Å². The molecule has 6 heteroatoms. The molecule has 1 saturated heterocycles. The highest BCUT2D eigenvalue weighted by Gasteiger charge is 2.23. The standard InChI is InChI=1S/C25H27I2NO3/c1-2-8-22-23(18-9-4-5-10-21(18)31-22)24(29)17-15-19(26)25(20(27)16-17)30-14-13-28-11-6-3-7-12-28/h4-5,9-10,15-16H,2-3,6-8,11-14H2,1H3. The lowest BCUT2D eigenvalue weighted by Gasteiger charge is -2.26. The van der Waals surface area contributed by atoms with Crippen LogP contribution in [0, 0.1) is 7.14 Å². The van der Waals surface area contributed by atoms with Crippen molar-refractivity contribution in [1.29, 1.82) is 0 Å². The number of benzene rings is 2. The molecule has 0 amide bonds. The predicted octanol–water partition coefficient (Wildman–Crippen LogP) is 6.69. The minimum Gasteiger partial charge on any atom is -0.490 e. The molecule has 0 N–H and O–H groups in total. The topological polar surface area (TPSA) is 42.7 Å². The normalized spacial score (nSPS) is 14.8.